The van der Waals surface area contributed by atoms with Gasteiger partial charge >= 0.3 is 0 Å². The topological polar surface area (TPSA) is 92.8 Å². The number of nitrogens with zero attached hydrogens (tertiary/aromatic N) is 1. The fourth-order valence-electron chi connectivity index (χ4n) is 4.19. The molecule has 8 heteroatoms. The molecule has 1 aliphatic rings. The van der Waals surface area contributed by atoms with Gasteiger partial charge in [0.25, 0.3) is 5.91 Å². The van der Waals surface area contributed by atoms with Gasteiger partial charge in [0.2, 0.25) is 10.0 Å². The maximum atomic E-state index is 13.2. The zero-order valence-electron chi connectivity index (χ0n) is 17.3. The number of amides is 1. The normalized spacial score (nSPS) is 20.5. The average molecular weight is 431 g/mol. The van der Waals surface area contributed by atoms with E-state index in [9.17, 15) is 13.2 Å². The number of rotatable bonds is 5. The summed E-state index contributed by atoms with van der Waals surface area (Å²) in [5.41, 5.74) is 1.09. The molecule has 2 aromatic heterocycles. The van der Waals surface area contributed by atoms with Crippen molar-refractivity contribution in [3.8, 4) is 0 Å². The molecule has 1 saturated heterocycles. The van der Waals surface area contributed by atoms with Gasteiger partial charge in [-0.25, -0.2) is 8.42 Å². The molecule has 0 aliphatic carbocycles. The third-order valence-electron chi connectivity index (χ3n) is 5.59. The molecule has 3 heterocycles. The first-order valence-electron chi connectivity index (χ1n) is 10.1. The van der Waals surface area contributed by atoms with E-state index >= 15 is 0 Å². The quantitative estimate of drug-likeness (QED) is 0.662. The summed E-state index contributed by atoms with van der Waals surface area (Å²) in [7, 11) is -3.61. The predicted molar refractivity (Wildman–Crippen MR) is 113 cm³/mol. The van der Waals surface area contributed by atoms with Gasteiger partial charge in [0.15, 0.2) is 5.76 Å². The Bertz CT molecular complexity index is 1150. The number of hydrogen-bond acceptors (Lipinski definition) is 5. The number of hydrogen-bond donors (Lipinski definition) is 1. The van der Waals surface area contributed by atoms with Crippen molar-refractivity contribution in [2.45, 2.75) is 38.6 Å². The van der Waals surface area contributed by atoms with Crippen molar-refractivity contribution in [1.82, 2.24) is 9.62 Å². The lowest BCUT2D eigenvalue weighted by Crippen LogP contribution is -2.42. The maximum absolute atomic E-state index is 13.2. The van der Waals surface area contributed by atoms with E-state index in [1.807, 2.05) is 0 Å². The molecule has 160 valence electrons. The van der Waals surface area contributed by atoms with E-state index in [4.69, 9.17) is 8.83 Å². The molecule has 1 aliphatic heterocycles. The van der Waals surface area contributed by atoms with Crippen LogP contribution in [0.4, 0.5) is 0 Å². The van der Waals surface area contributed by atoms with Crippen molar-refractivity contribution < 1.29 is 22.0 Å². The Balaban J connectivity index is 1.61. The molecular weight excluding hydrogens is 404 g/mol. The minimum Gasteiger partial charge on any atom is -0.467 e. The molecule has 0 saturated carbocycles. The highest BCUT2D eigenvalue weighted by Gasteiger charge is 2.32. The van der Waals surface area contributed by atoms with Crippen molar-refractivity contribution >= 4 is 26.9 Å². The summed E-state index contributed by atoms with van der Waals surface area (Å²) in [4.78, 5) is 12.8. The van der Waals surface area contributed by atoms with Crippen molar-refractivity contribution in [1.29, 1.82) is 0 Å². The molecule has 2 atom stereocenters. The van der Waals surface area contributed by atoms with Gasteiger partial charge < -0.3 is 14.2 Å². The summed E-state index contributed by atoms with van der Waals surface area (Å²) >= 11 is 0. The first-order chi connectivity index (χ1) is 14.3. The number of piperidine rings is 1. The van der Waals surface area contributed by atoms with Crippen molar-refractivity contribution in [2.24, 2.45) is 11.8 Å². The van der Waals surface area contributed by atoms with E-state index in [2.05, 4.69) is 19.2 Å². The summed E-state index contributed by atoms with van der Waals surface area (Å²) in [6.07, 6.45) is 2.57. The molecule has 30 heavy (non-hydrogen) atoms. The fourth-order valence-corrected chi connectivity index (χ4v) is 5.90. The second kappa shape index (κ2) is 7.92. The van der Waals surface area contributed by atoms with Crippen LogP contribution in [0.5, 0.6) is 0 Å². The summed E-state index contributed by atoms with van der Waals surface area (Å²) in [6, 6.07) is 8.30. The fraction of sp³-hybridized carbons (Fsp3) is 0.409. The number of sulfonamides is 1. The lowest BCUT2D eigenvalue weighted by Gasteiger charge is -2.34. The zero-order valence-corrected chi connectivity index (χ0v) is 18.2. The smallest absolute Gasteiger partial charge is 0.287 e. The molecule has 1 amide bonds. The van der Waals surface area contributed by atoms with Gasteiger partial charge in [0.1, 0.15) is 11.3 Å². The lowest BCUT2D eigenvalue weighted by atomic mass is 9.94. The van der Waals surface area contributed by atoms with Gasteiger partial charge in [-0.3, -0.25) is 4.79 Å². The van der Waals surface area contributed by atoms with Crippen molar-refractivity contribution in [3.63, 3.8) is 0 Å². The standard InChI is InChI=1S/C22H26N2O5S/c1-14-9-15(2)13-24(12-14)30(26,27)18-6-7-20-19(10-18)16(3)21(29-20)22(25)23-11-17-5-4-8-28-17/h4-8,10,14-15H,9,11-13H2,1-3H3,(H,23,25)/t14-,15+. The number of fused-ring (bicyclic) bond motifs is 1. The predicted octanol–water partition coefficient (Wildman–Crippen LogP) is 3.93. The van der Waals surface area contributed by atoms with E-state index < -0.39 is 10.0 Å². The molecule has 0 unspecified atom stereocenters. The Morgan fingerprint density at radius 2 is 1.93 bits per heavy atom. The van der Waals surface area contributed by atoms with Crippen LogP contribution in [0.1, 0.15) is 42.1 Å². The summed E-state index contributed by atoms with van der Waals surface area (Å²) in [5.74, 6) is 1.09. The molecule has 1 aromatic carbocycles. The van der Waals surface area contributed by atoms with Gasteiger partial charge in [-0.2, -0.15) is 4.31 Å². The van der Waals surface area contributed by atoms with E-state index in [0.717, 1.165) is 6.42 Å². The first kappa shape index (κ1) is 20.7. The molecule has 7 nitrogen and oxygen atoms in total. The number of carbonyl (C=O) groups excluding carboxylic acids is 1. The minimum absolute atomic E-state index is 0.173. The molecule has 0 spiro atoms. The first-order valence-corrected chi connectivity index (χ1v) is 11.5. The molecule has 4 rings (SSSR count). The second-order valence-corrected chi connectivity index (χ2v) is 10.2. The largest absolute Gasteiger partial charge is 0.467 e. The Hall–Kier alpha value is -2.58. The van der Waals surface area contributed by atoms with Crippen LogP contribution in [0, 0.1) is 18.8 Å². The average Bonchev–Trinajstić information content (AvgIpc) is 3.33. The number of benzene rings is 1. The van der Waals surface area contributed by atoms with Gasteiger partial charge in [-0.1, -0.05) is 13.8 Å². The van der Waals surface area contributed by atoms with Gasteiger partial charge in [-0.15, -0.1) is 0 Å². The molecular formula is C22H26N2O5S. The van der Waals surface area contributed by atoms with Crippen LogP contribution in [0.2, 0.25) is 0 Å². The van der Waals surface area contributed by atoms with Crippen LogP contribution in [-0.4, -0.2) is 31.7 Å². The van der Waals surface area contributed by atoms with Crippen LogP contribution in [-0.2, 0) is 16.6 Å². The van der Waals surface area contributed by atoms with Crippen LogP contribution in [0.25, 0.3) is 11.0 Å². The van der Waals surface area contributed by atoms with E-state index in [1.165, 1.54) is 0 Å². The van der Waals surface area contributed by atoms with Crippen molar-refractivity contribution in [2.75, 3.05) is 13.1 Å². The summed E-state index contributed by atoms with van der Waals surface area (Å²) in [6.45, 7) is 7.21. The summed E-state index contributed by atoms with van der Waals surface area (Å²) in [5, 5.41) is 3.38. The van der Waals surface area contributed by atoms with Crippen LogP contribution >= 0.6 is 0 Å². The number of furan rings is 2. The number of nitrogens with one attached hydrogen (secondary N) is 1. The maximum Gasteiger partial charge on any atom is 0.287 e. The third-order valence-corrected chi connectivity index (χ3v) is 7.42. The van der Waals surface area contributed by atoms with E-state index in [0.29, 0.717) is 47.2 Å². The summed E-state index contributed by atoms with van der Waals surface area (Å²) < 4.78 is 38.9. The molecule has 0 bridgehead atoms. The van der Waals surface area contributed by atoms with Gasteiger partial charge in [-0.05, 0) is 55.5 Å². The SMILES string of the molecule is Cc1c(C(=O)NCc2ccco2)oc2ccc(S(=O)(=O)N3C[C@H](C)C[C@H](C)C3)cc12. The monoisotopic (exact) mass is 430 g/mol. The molecule has 1 N–H and O–H groups in total. The van der Waals surface area contributed by atoms with Crippen molar-refractivity contribution in [3.05, 3.63) is 53.7 Å². The lowest BCUT2D eigenvalue weighted by molar-refractivity contribution is 0.0921. The Morgan fingerprint density at radius 1 is 1.20 bits per heavy atom. The molecule has 3 aromatic rings. The highest BCUT2D eigenvalue weighted by atomic mass is 32.2. The number of carbonyl (C=O) groups is 1. The molecule has 1 fully saturated rings. The van der Waals surface area contributed by atoms with Gasteiger partial charge in [0, 0.05) is 24.0 Å². The highest BCUT2D eigenvalue weighted by molar-refractivity contribution is 7.89. The number of aryl methyl sites for hydroxylation is 1. The second-order valence-electron chi connectivity index (χ2n) is 8.24. The third kappa shape index (κ3) is 3.89. The highest BCUT2D eigenvalue weighted by Crippen LogP contribution is 2.31. The Kier molecular flexibility index (Phi) is 5.46. The zero-order chi connectivity index (χ0) is 21.5. The van der Waals surface area contributed by atoms with E-state index in [1.54, 1.807) is 47.8 Å². The minimum atomic E-state index is -3.61. The van der Waals surface area contributed by atoms with Crippen LogP contribution in [0.15, 0.2) is 50.3 Å². The Labute approximate surface area is 176 Å². The molecule has 0 radical (unpaired) electrons. The van der Waals surface area contributed by atoms with Gasteiger partial charge in [0.05, 0.1) is 17.7 Å². The van der Waals surface area contributed by atoms with Crippen LogP contribution < -0.4 is 5.32 Å². The Morgan fingerprint density at radius 3 is 2.60 bits per heavy atom. The van der Waals surface area contributed by atoms with Crippen LogP contribution in [0.3, 0.4) is 0 Å². The van der Waals surface area contributed by atoms with E-state index in [-0.39, 0.29) is 23.1 Å².